The summed E-state index contributed by atoms with van der Waals surface area (Å²) in [7, 11) is 3.44. The van der Waals surface area contributed by atoms with E-state index in [0.717, 1.165) is 31.2 Å². The molecule has 3 rings (SSSR count). The number of nitrogens with one attached hydrogen (secondary N) is 1. The first kappa shape index (κ1) is 17.6. The quantitative estimate of drug-likeness (QED) is 0.882. The Hall–Kier alpha value is -1.26. The zero-order valence-electron chi connectivity index (χ0n) is 14.8. The van der Waals surface area contributed by atoms with Crippen molar-refractivity contribution in [2.45, 2.75) is 38.7 Å². The highest BCUT2D eigenvalue weighted by Gasteiger charge is 2.53. The Labute approximate surface area is 149 Å². The van der Waals surface area contributed by atoms with Gasteiger partial charge in [-0.25, -0.2) is 0 Å². The summed E-state index contributed by atoms with van der Waals surface area (Å²) < 4.78 is 6.05. The minimum atomic E-state index is -0.0922. The van der Waals surface area contributed by atoms with Crippen LogP contribution in [0.3, 0.4) is 0 Å². The van der Waals surface area contributed by atoms with Gasteiger partial charge in [-0.3, -0.25) is 4.79 Å². The number of piperidine rings is 1. The second-order valence-electron chi connectivity index (χ2n) is 7.52. The van der Waals surface area contributed by atoms with Gasteiger partial charge >= 0.3 is 0 Å². The lowest BCUT2D eigenvalue weighted by Gasteiger charge is -2.24. The lowest BCUT2D eigenvalue weighted by Crippen LogP contribution is -2.30. The summed E-state index contributed by atoms with van der Waals surface area (Å²) in [6, 6.07) is 5.34. The Morgan fingerprint density at radius 3 is 2.75 bits per heavy atom. The third-order valence-corrected chi connectivity index (χ3v) is 5.80. The summed E-state index contributed by atoms with van der Waals surface area (Å²) in [6.45, 7) is 4.44. The molecule has 0 unspecified atom stereocenters. The standard InChI is InChI=1S/C19H27ClN2O2/c1-13(10-14-12-19(14)6-8-21-9-7-19)24-15-4-5-16(17(20)11-15)18(23)22(2)3/h4-5,11,13-14,21H,6-10,12H2,1-3H3/t13-,14-/m0/s1. The largest absolute Gasteiger partial charge is 0.491 e. The van der Waals surface area contributed by atoms with E-state index in [0.29, 0.717) is 16.0 Å². The maximum atomic E-state index is 12.0. The third kappa shape index (κ3) is 3.70. The average molecular weight is 351 g/mol. The van der Waals surface area contributed by atoms with Crippen LogP contribution < -0.4 is 10.1 Å². The summed E-state index contributed by atoms with van der Waals surface area (Å²) in [6.07, 6.45) is 5.21. The van der Waals surface area contributed by atoms with Gasteiger partial charge < -0.3 is 15.0 Å². The van der Waals surface area contributed by atoms with E-state index in [1.807, 2.05) is 6.07 Å². The number of hydrogen-bond donors (Lipinski definition) is 1. The van der Waals surface area contributed by atoms with Gasteiger partial charge in [0.2, 0.25) is 0 Å². The maximum absolute atomic E-state index is 12.0. The van der Waals surface area contributed by atoms with Crippen LogP contribution in [-0.2, 0) is 0 Å². The summed E-state index contributed by atoms with van der Waals surface area (Å²) in [5.41, 5.74) is 1.10. The molecule has 1 spiro atoms. The molecule has 132 valence electrons. The summed E-state index contributed by atoms with van der Waals surface area (Å²) >= 11 is 6.25. The first-order valence-corrected chi connectivity index (χ1v) is 9.18. The molecule has 1 N–H and O–H groups in total. The molecule has 1 aliphatic heterocycles. The molecular weight excluding hydrogens is 324 g/mol. The van der Waals surface area contributed by atoms with Crippen molar-refractivity contribution in [1.29, 1.82) is 0 Å². The second kappa shape index (κ2) is 6.93. The zero-order chi connectivity index (χ0) is 17.3. The topological polar surface area (TPSA) is 41.6 Å². The van der Waals surface area contributed by atoms with E-state index in [1.54, 1.807) is 26.2 Å². The van der Waals surface area contributed by atoms with E-state index in [1.165, 1.54) is 24.2 Å². The average Bonchev–Trinajstić information content (AvgIpc) is 3.18. The summed E-state index contributed by atoms with van der Waals surface area (Å²) in [5, 5.41) is 3.89. The van der Waals surface area contributed by atoms with Crippen molar-refractivity contribution in [1.82, 2.24) is 10.2 Å². The van der Waals surface area contributed by atoms with Crippen molar-refractivity contribution in [2.75, 3.05) is 27.2 Å². The first-order chi connectivity index (χ1) is 11.4. The molecule has 24 heavy (non-hydrogen) atoms. The van der Waals surface area contributed by atoms with Crippen LogP contribution in [0.2, 0.25) is 5.02 Å². The van der Waals surface area contributed by atoms with Gasteiger partial charge in [-0.05, 0) is 75.2 Å². The molecule has 0 bridgehead atoms. The number of nitrogens with zero attached hydrogens (tertiary/aromatic N) is 1. The van der Waals surface area contributed by atoms with Crippen LogP contribution in [0.1, 0.15) is 43.0 Å². The molecule has 5 heteroatoms. The SMILES string of the molecule is C[C@@H](C[C@H]1CC12CCNCC2)Oc1ccc(C(=O)N(C)C)c(Cl)c1. The number of carbonyl (C=O) groups is 1. The van der Waals surface area contributed by atoms with E-state index < -0.39 is 0 Å². The minimum absolute atomic E-state index is 0.0922. The Morgan fingerprint density at radius 1 is 1.42 bits per heavy atom. The minimum Gasteiger partial charge on any atom is -0.491 e. The van der Waals surface area contributed by atoms with Crippen LogP contribution in [0.25, 0.3) is 0 Å². The van der Waals surface area contributed by atoms with Gasteiger partial charge in [0, 0.05) is 14.1 Å². The van der Waals surface area contributed by atoms with Crippen LogP contribution in [0.15, 0.2) is 18.2 Å². The smallest absolute Gasteiger partial charge is 0.254 e. The molecule has 1 saturated carbocycles. The van der Waals surface area contributed by atoms with Gasteiger partial charge in [0.15, 0.2) is 0 Å². The van der Waals surface area contributed by atoms with Crippen molar-refractivity contribution in [2.24, 2.45) is 11.3 Å². The zero-order valence-corrected chi connectivity index (χ0v) is 15.5. The van der Waals surface area contributed by atoms with E-state index >= 15 is 0 Å². The van der Waals surface area contributed by atoms with Gasteiger partial charge in [-0.2, -0.15) is 0 Å². The second-order valence-corrected chi connectivity index (χ2v) is 7.93. The normalized spacial score (nSPS) is 22.9. The highest BCUT2D eigenvalue weighted by atomic mass is 35.5. The molecule has 0 radical (unpaired) electrons. The number of ether oxygens (including phenoxy) is 1. The molecule has 1 aromatic rings. The van der Waals surface area contributed by atoms with E-state index in [2.05, 4.69) is 12.2 Å². The fourth-order valence-electron chi connectivity index (χ4n) is 3.97. The van der Waals surface area contributed by atoms with Gasteiger partial charge in [0.05, 0.1) is 16.7 Å². The molecule has 2 aliphatic rings. The molecule has 2 atom stereocenters. The lowest BCUT2D eigenvalue weighted by molar-refractivity contribution is 0.0827. The van der Waals surface area contributed by atoms with Crippen LogP contribution >= 0.6 is 11.6 Å². The molecule has 1 amide bonds. The lowest BCUT2D eigenvalue weighted by atomic mass is 9.90. The summed E-state index contributed by atoms with van der Waals surface area (Å²) in [4.78, 5) is 13.5. The third-order valence-electron chi connectivity index (χ3n) is 5.49. The summed E-state index contributed by atoms with van der Waals surface area (Å²) in [5.74, 6) is 1.44. The Balaban J connectivity index is 1.56. The predicted molar refractivity (Wildman–Crippen MR) is 96.8 cm³/mol. The number of carbonyl (C=O) groups excluding carboxylic acids is 1. The monoisotopic (exact) mass is 350 g/mol. The van der Waals surface area contributed by atoms with E-state index in [4.69, 9.17) is 16.3 Å². The van der Waals surface area contributed by atoms with Crippen LogP contribution in [-0.4, -0.2) is 44.1 Å². The van der Waals surface area contributed by atoms with E-state index in [9.17, 15) is 4.79 Å². The van der Waals surface area contributed by atoms with Crippen molar-refractivity contribution >= 4 is 17.5 Å². The molecular formula is C19H27ClN2O2. The molecule has 0 aromatic heterocycles. The molecule has 1 saturated heterocycles. The van der Waals surface area contributed by atoms with Gasteiger partial charge in [0.25, 0.3) is 5.91 Å². The fourth-order valence-corrected chi connectivity index (χ4v) is 4.22. The van der Waals surface area contributed by atoms with Crippen LogP contribution in [0.5, 0.6) is 5.75 Å². The van der Waals surface area contributed by atoms with Crippen molar-refractivity contribution in [3.8, 4) is 5.75 Å². The fraction of sp³-hybridized carbons (Fsp3) is 0.632. The first-order valence-electron chi connectivity index (χ1n) is 8.80. The van der Waals surface area contributed by atoms with Crippen LogP contribution in [0.4, 0.5) is 0 Å². The van der Waals surface area contributed by atoms with Gasteiger partial charge in [-0.15, -0.1) is 0 Å². The van der Waals surface area contributed by atoms with Crippen molar-refractivity contribution < 1.29 is 9.53 Å². The highest BCUT2D eigenvalue weighted by molar-refractivity contribution is 6.34. The number of hydrogen-bond acceptors (Lipinski definition) is 3. The molecule has 4 nitrogen and oxygen atoms in total. The van der Waals surface area contributed by atoms with Crippen molar-refractivity contribution in [3.63, 3.8) is 0 Å². The Kier molecular flexibility index (Phi) is 5.07. The molecule has 2 fully saturated rings. The Morgan fingerprint density at radius 2 is 2.12 bits per heavy atom. The van der Waals surface area contributed by atoms with Crippen LogP contribution in [0, 0.1) is 11.3 Å². The Bertz CT molecular complexity index is 611. The molecule has 1 aromatic carbocycles. The van der Waals surface area contributed by atoms with Gasteiger partial charge in [0.1, 0.15) is 5.75 Å². The highest BCUT2D eigenvalue weighted by Crippen LogP contribution is 2.60. The number of halogens is 1. The van der Waals surface area contributed by atoms with Gasteiger partial charge in [-0.1, -0.05) is 11.6 Å². The number of amides is 1. The van der Waals surface area contributed by atoms with Crippen molar-refractivity contribution in [3.05, 3.63) is 28.8 Å². The predicted octanol–water partition coefficient (Wildman–Crippen LogP) is 3.59. The molecule has 1 aliphatic carbocycles. The number of benzene rings is 1. The van der Waals surface area contributed by atoms with E-state index in [-0.39, 0.29) is 12.0 Å². The maximum Gasteiger partial charge on any atom is 0.254 e. The number of rotatable bonds is 5. The molecule has 1 heterocycles.